The fourth-order valence-electron chi connectivity index (χ4n) is 1.95. The molecule has 1 aliphatic rings. The summed E-state index contributed by atoms with van der Waals surface area (Å²) >= 11 is 0. The lowest BCUT2D eigenvalue weighted by Gasteiger charge is -2.19. The van der Waals surface area contributed by atoms with Crippen molar-refractivity contribution < 1.29 is 10.1 Å². The van der Waals surface area contributed by atoms with Gasteiger partial charge in [0.2, 0.25) is 5.91 Å². The van der Waals surface area contributed by atoms with Gasteiger partial charge < -0.3 is 10.6 Å². The van der Waals surface area contributed by atoms with Gasteiger partial charge in [-0.15, -0.1) is 0 Å². The predicted octanol–water partition coefficient (Wildman–Crippen LogP) is 0.598. The lowest BCUT2D eigenvalue weighted by Crippen LogP contribution is -2.87. The highest BCUT2D eigenvalue weighted by Gasteiger charge is 2.23. The fourth-order valence-corrected chi connectivity index (χ4v) is 1.95. The van der Waals surface area contributed by atoms with Crippen LogP contribution in [0.4, 0.5) is 5.69 Å². The number of hydrogen-bond donors (Lipinski definition) is 2. The summed E-state index contributed by atoms with van der Waals surface area (Å²) in [6, 6.07) is 9.66. The maximum absolute atomic E-state index is 11.8. The van der Waals surface area contributed by atoms with Crippen molar-refractivity contribution >= 4 is 11.6 Å². The van der Waals surface area contributed by atoms with E-state index in [2.05, 4.69) is 10.6 Å². The fraction of sp³-hybridized carbons (Fsp3) is 0.417. The topological polar surface area (TPSA) is 45.7 Å². The number of carbonyl (C=O) groups excluding carboxylic acids is 1. The highest BCUT2D eigenvalue weighted by atomic mass is 16.1. The predicted molar refractivity (Wildman–Crippen MR) is 59.5 cm³/mol. The van der Waals surface area contributed by atoms with Crippen LogP contribution in [0.5, 0.6) is 0 Å². The molecule has 1 heterocycles. The number of rotatable bonds is 2. The number of hydrogen-bond acceptors (Lipinski definition) is 1. The number of para-hydroxylation sites is 1. The Kier molecular flexibility index (Phi) is 3.35. The Morgan fingerprint density at radius 2 is 2.13 bits per heavy atom. The second kappa shape index (κ2) is 4.94. The number of quaternary nitrogens is 1. The molecule has 1 aromatic rings. The van der Waals surface area contributed by atoms with Crippen LogP contribution in [0.2, 0.25) is 0 Å². The van der Waals surface area contributed by atoms with E-state index in [9.17, 15) is 4.79 Å². The number of nitrogens with one attached hydrogen (secondary N) is 1. The minimum atomic E-state index is 0.164. The van der Waals surface area contributed by atoms with Gasteiger partial charge in [-0.05, 0) is 25.0 Å². The van der Waals surface area contributed by atoms with Crippen molar-refractivity contribution in [2.75, 3.05) is 18.4 Å². The highest BCUT2D eigenvalue weighted by Crippen LogP contribution is 2.11. The second-order valence-electron chi connectivity index (χ2n) is 4.01. The molecular formula is C12H17N2O+. The normalized spacial score (nSPS) is 20.9. The molecule has 0 bridgehead atoms. The molecule has 1 atom stereocenters. The minimum absolute atomic E-state index is 0.164. The lowest BCUT2D eigenvalue weighted by atomic mass is 9.99. The largest absolute Gasteiger partial charge is 0.346 e. The first kappa shape index (κ1) is 10.2. The monoisotopic (exact) mass is 205 g/mol. The van der Waals surface area contributed by atoms with Crippen molar-refractivity contribution in [1.29, 1.82) is 0 Å². The summed E-state index contributed by atoms with van der Waals surface area (Å²) in [6.45, 7) is 2.09. The van der Waals surface area contributed by atoms with Gasteiger partial charge in [-0.3, -0.25) is 4.79 Å². The van der Waals surface area contributed by atoms with Gasteiger partial charge in [-0.1, -0.05) is 18.2 Å². The van der Waals surface area contributed by atoms with Crippen molar-refractivity contribution in [3.8, 4) is 0 Å². The third-order valence-electron chi connectivity index (χ3n) is 2.82. The van der Waals surface area contributed by atoms with E-state index >= 15 is 0 Å². The molecule has 1 amide bonds. The number of nitrogens with two attached hydrogens (primary N) is 1. The molecule has 0 aliphatic carbocycles. The zero-order valence-corrected chi connectivity index (χ0v) is 8.78. The van der Waals surface area contributed by atoms with E-state index in [4.69, 9.17) is 0 Å². The molecule has 0 saturated carbocycles. The molecule has 3 heteroatoms. The third kappa shape index (κ3) is 2.80. The van der Waals surface area contributed by atoms with Crippen LogP contribution in [0.15, 0.2) is 30.3 Å². The van der Waals surface area contributed by atoms with Crippen LogP contribution in [-0.2, 0) is 4.79 Å². The summed E-state index contributed by atoms with van der Waals surface area (Å²) in [6.07, 6.45) is 2.17. The molecule has 1 aromatic carbocycles. The molecule has 0 unspecified atom stereocenters. The minimum Gasteiger partial charge on any atom is -0.346 e. The van der Waals surface area contributed by atoms with Crippen molar-refractivity contribution in [1.82, 2.24) is 0 Å². The molecule has 1 saturated heterocycles. The summed E-state index contributed by atoms with van der Waals surface area (Å²) in [5.74, 6) is 0.344. The van der Waals surface area contributed by atoms with Crippen LogP contribution in [0, 0.1) is 5.92 Å². The van der Waals surface area contributed by atoms with Gasteiger partial charge in [-0.25, -0.2) is 0 Å². The molecule has 0 radical (unpaired) electrons. The van der Waals surface area contributed by atoms with Crippen LogP contribution in [0.25, 0.3) is 0 Å². The number of benzene rings is 1. The quantitative estimate of drug-likeness (QED) is 0.729. The van der Waals surface area contributed by atoms with Crippen LogP contribution in [0.1, 0.15) is 12.8 Å². The second-order valence-corrected chi connectivity index (χ2v) is 4.01. The van der Waals surface area contributed by atoms with E-state index < -0.39 is 0 Å². The SMILES string of the molecule is O=C(Nc1ccccc1)[C@@H]1CCC[NH2+]C1. The van der Waals surface area contributed by atoms with Crippen molar-refractivity contribution in [3.05, 3.63) is 30.3 Å². The van der Waals surface area contributed by atoms with E-state index in [1.165, 1.54) is 0 Å². The molecule has 15 heavy (non-hydrogen) atoms. The molecule has 0 spiro atoms. The molecular weight excluding hydrogens is 188 g/mol. The Balaban J connectivity index is 1.91. The molecule has 1 fully saturated rings. The summed E-state index contributed by atoms with van der Waals surface area (Å²) in [7, 11) is 0. The Morgan fingerprint density at radius 1 is 1.33 bits per heavy atom. The Labute approximate surface area is 89.9 Å². The summed E-state index contributed by atoms with van der Waals surface area (Å²) in [5, 5.41) is 5.17. The van der Waals surface area contributed by atoms with Gasteiger partial charge in [0.15, 0.2) is 0 Å². The molecule has 0 aromatic heterocycles. The standard InChI is InChI=1S/C12H16N2O/c15-12(10-5-4-8-13-9-10)14-11-6-2-1-3-7-11/h1-3,6-7,10,13H,4-5,8-9H2,(H,14,15)/p+1/t10-/m1/s1. The van der Waals surface area contributed by atoms with E-state index in [0.717, 1.165) is 31.6 Å². The Hall–Kier alpha value is -1.35. The first-order chi connectivity index (χ1) is 7.36. The van der Waals surface area contributed by atoms with Gasteiger partial charge in [0, 0.05) is 5.69 Å². The highest BCUT2D eigenvalue weighted by molar-refractivity contribution is 5.92. The lowest BCUT2D eigenvalue weighted by molar-refractivity contribution is -0.666. The van der Waals surface area contributed by atoms with Crippen molar-refractivity contribution in [3.63, 3.8) is 0 Å². The van der Waals surface area contributed by atoms with Gasteiger partial charge >= 0.3 is 0 Å². The zero-order chi connectivity index (χ0) is 10.5. The zero-order valence-electron chi connectivity index (χ0n) is 8.78. The van der Waals surface area contributed by atoms with Gasteiger partial charge in [0.05, 0.1) is 19.0 Å². The first-order valence-corrected chi connectivity index (χ1v) is 5.54. The number of amides is 1. The van der Waals surface area contributed by atoms with Crippen LogP contribution < -0.4 is 10.6 Å². The van der Waals surface area contributed by atoms with Crippen molar-refractivity contribution in [2.24, 2.45) is 5.92 Å². The van der Waals surface area contributed by atoms with Crippen LogP contribution >= 0.6 is 0 Å². The molecule has 2 rings (SSSR count). The average Bonchev–Trinajstić information content (AvgIpc) is 2.31. The van der Waals surface area contributed by atoms with E-state index in [0.29, 0.717) is 0 Å². The third-order valence-corrected chi connectivity index (χ3v) is 2.82. The Bertz CT molecular complexity index is 318. The first-order valence-electron chi connectivity index (χ1n) is 5.54. The van der Waals surface area contributed by atoms with Crippen LogP contribution in [-0.4, -0.2) is 19.0 Å². The number of anilines is 1. The summed E-state index contributed by atoms with van der Waals surface area (Å²) < 4.78 is 0. The van der Waals surface area contributed by atoms with Crippen molar-refractivity contribution in [2.45, 2.75) is 12.8 Å². The van der Waals surface area contributed by atoms with Gasteiger partial charge in [-0.2, -0.15) is 0 Å². The maximum atomic E-state index is 11.8. The maximum Gasteiger partial charge on any atom is 0.233 e. The van der Waals surface area contributed by atoms with E-state index in [1.807, 2.05) is 30.3 Å². The smallest absolute Gasteiger partial charge is 0.233 e. The number of piperidine rings is 1. The molecule has 1 aliphatic heterocycles. The van der Waals surface area contributed by atoms with Crippen LogP contribution in [0.3, 0.4) is 0 Å². The van der Waals surface area contributed by atoms with E-state index in [-0.39, 0.29) is 11.8 Å². The summed E-state index contributed by atoms with van der Waals surface area (Å²) in [4.78, 5) is 11.8. The molecule has 80 valence electrons. The van der Waals surface area contributed by atoms with Gasteiger partial charge in [0.1, 0.15) is 0 Å². The summed E-state index contributed by atoms with van der Waals surface area (Å²) in [5.41, 5.74) is 0.896. The molecule has 3 N–H and O–H groups in total. The average molecular weight is 205 g/mol. The molecule has 3 nitrogen and oxygen atoms in total. The van der Waals surface area contributed by atoms with E-state index in [1.54, 1.807) is 0 Å². The Morgan fingerprint density at radius 3 is 2.80 bits per heavy atom. The number of carbonyl (C=O) groups is 1. The van der Waals surface area contributed by atoms with Gasteiger partial charge in [0.25, 0.3) is 0 Å².